The largest absolute Gasteiger partial charge is 0.378 e. The molecule has 1 aromatic rings. The van der Waals surface area contributed by atoms with E-state index in [1.807, 2.05) is 0 Å². The Morgan fingerprint density at radius 3 is 2.70 bits per heavy atom. The van der Waals surface area contributed by atoms with E-state index in [0.717, 1.165) is 19.3 Å². The van der Waals surface area contributed by atoms with Gasteiger partial charge in [-0.1, -0.05) is 6.07 Å². The van der Waals surface area contributed by atoms with Crippen LogP contribution in [0.3, 0.4) is 0 Å². The fourth-order valence-corrected chi connectivity index (χ4v) is 3.12. The summed E-state index contributed by atoms with van der Waals surface area (Å²) < 4.78 is 37.4. The highest BCUT2D eigenvalue weighted by atomic mass is 32.2. The Labute approximate surface area is 116 Å². The van der Waals surface area contributed by atoms with Gasteiger partial charge in [0.25, 0.3) is 15.8 Å². The molecule has 2 rings (SSSR count). The molecule has 8 heteroatoms. The molecule has 0 amide bonds. The fraction of sp³-hybridized carbons (Fsp3) is 0.500. The molecule has 1 N–H and O–H groups in total. The van der Waals surface area contributed by atoms with Gasteiger partial charge in [-0.25, -0.2) is 0 Å². The summed E-state index contributed by atoms with van der Waals surface area (Å²) in [5.41, 5.74) is -0.304. The second kappa shape index (κ2) is 5.86. The molecule has 1 aliphatic heterocycles. The third-order valence-electron chi connectivity index (χ3n) is 3.29. The lowest BCUT2D eigenvalue weighted by atomic mass is 10.00. The van der Waals surface area contributed by atoms with Gasteiger partial charge in [-0.2, -0.15) is 8.42 Å². The first-order chi connectivity index (χ1) is 9.39. The molecule has 1 aromatic carbocycles. The zero-order chi connectivity index (χ0) is 14.8. The fourth-order valence-electron chi connectivity index (χ4n) is 2.37. The lowest BCUT2D eigenvalue weighted by Gasteiger charge is -2.23. The third kappa shape index (κ3) is 3.33. The highest BCUT2D eigenvalue weighted by Gasteiger charge is 2.27. The van der Waals surface area contributed by atoms with Crippen LogP contribution in [0.1, 0.15) is 24.8 Å². The molecule has 0 saturated carbocycles. The summed E-state index contributed by atoms with van der Waals surface area (Å²) in [4.78, 5) is 9.97. The lowest BCUT2D eigenvalue weighted by molar-refractivity contribution is -0.385. The summed E-state index contributed by atoms with van der Waals surface area (Å²) in [7, 11) is -4.50. The van der Waals surface area contributed by atoms with Crippen molar-refractivity contribution in [3.63, 3.8) is 0 Å². The normalized spacial score (nSPS) is 19.8. The Kier molecular flexibility index (Phi) is 4.36. The molecule has 1 atom stereocenters. The molecule has 1 saturated heterocycles. The molecule has 0 unspecified atom stereocenters. The van der Waals surface area contributed by atoms with Gasteiger partial charge in [0.1, 0.15) is 4.90 Å². The Hall–Kier alpha value is -1.51. The molecule has 110 valence electrons. The molecule has 0 radical (unpaired) electrons. The lowest BCUT2D eigenvalue weighted by Crippen LogP contribution is -2.23. The van der Waals surface area contributed by atoms with Crippen LogP contribution in [0.25, 0.3) is 0 Å². The van der Waals surface area contributed by atoms with Gasteiger partial charge in [-0.3, -0.25) is 14.7 Å². The Bertz CT molecular complexity index is 606. The summed E-state index contributed by atoms with van der Waals surface area (Å²) in [6.45, 7) is 0.562. The van der Waals surface area contributed by atoms with Crippen LogP contribution >= 0.6 is 0 Å². The van der Waals surface area contributed by atoms with E-state index in [1.165, 1.54) is 18.2 Å². The monoisotopic (exact) mass is 301 g/mol. The van der Waals surface area contributed by atoms with Crippen molar-refractivity contribution in [3.05, 3.63) is 33.9 Å². The molecule has 1 fully saturated rings. The van der Waals surface area contributed by atoms with Gasteiger partial charge in [0.15, 0.2) is 0 Å². The van der Waals surface area contributed by atoms with Gasteiger partial charge < -0.3 is 4.74 Å². The number of hydrogen-bond donors (Lipinski definition) is 1. The van der Waals surface area contributed by atoms with Crippen LogP contribution < -0.4 is 0 Å². The molecule has 7 nitrogen and oxygen atoms in total. The van der Waals surface area contributed by atoms with Crippen LogP contribution in [-0.4, -0.2) is 30.6 Å². The van der Waals surface area contributed by atoms with Crippen molar-refractivity contribution in [2.75, 3.05) is 6.61 Å². The zero-order valence-electron chi connectivity index (χ0n) is 10.7. The van der Waals surface area contributed by atoms with E-state index in [1.54, 1.807) is 0 Å². The summed E-state index contributed by atoms with van der Waals surface area (Å²) in [6, 6.07) is 3.64. The highest BCUT2D eigenvalue weighted by Crippen LogP contribution is 2.29. The molecule has 0 aliphatic carbocycles. The maximum Gasteiger partial charge on any atom is 0.295 e. The van der Waals surface area contributed by atoms with Crippen LogP contribution in [0, 0.1) is 10.1 Å². The van der Waals surface area contributed by atoms with E-state index in [4.69, 9.17) is 4.74 Å². The van der Waals surface area contributed by atoms with E-state index >= 15 is 0 Å². The summed E-state index contributed by atoms with van der Waals surface area (Å²) >= 11 is 0. The number of rotatable bonds is 4. The molecule has 20 heavy (non-hydrogen) atoms. The average Bonchev–Trinajstić information content (AvgIpc) is 2.38. The van der Waals surface area contributed by atoms with E-state index in [-0.39, 0.29) is 23.8 Å². The maximum absolute atomic E-state index is 11.4. The van der Waals surface area contributed by atoms with Crippen molar-refractivity contribution in [2.24, 2.45) is 0 Å². The van der Waals surface area contributed by atoms with E-state index < -0.39 is 19.9 Å². The minimum absolute atomic E-state index is 0.00639. The Morgan fingerprint density at radius 2 is 2.15 bits per heavy atom. The molecular formula is C12H15NO6S. The van der Waals surface area contributed by atoms with Crippen LogP contribution in [0.4, 0.5) is 5.69 Å². The summed E-state index contributed by atoms with van der Waals surface area (Å²) in [5.74, 6) is 0. The second-order valence-electron chi connectivity index (χ2n) is 4.68. The van der Waals surface area contributed by atoms with Crippen LogP contribution in [-0.2, 0) is 21.3 Å². The minimum atomic E-state index is -4.50. The molecular weight excluding hydrogens is 286 g/mol. The van der Waals surface area contributed by atoms with Crippen molar-refractivity contribution in [3.8, 4) is 0 Å². The molecule has 0 spiro atoms. The minimum Gasteiger partial charge on any atom is -0.378 e. The van der Waals surface area contributed by atoms with Crippen LogP contribution in [0.15, 0.2) is 23.1 Å². The number of ether oxygens (including phenoxy) is 1. The summed E-state index contributed by atoms with van der Waals surface area (Å²) in [6.07, 6.45) is 2.43. The van der Waals surface area contributed by atoms with Gasteiger partial charge >= 0.3 is 0 Å². The van der Waals surface area contributed by atoms with Crippen LogP contribution in [0.5, 0.6) is 0 Å². The maximum atomic E-state index is 11.4. The van der Waals surface area contributed by atoms with Gasteiger partial charge in [0.2, 0.25) is 0 Å². The van der Waals surface area contributed by atoms with Gasteiger partial charge in [-0.05, 0) is 25.3 Å². The van der Waals surface area contributed by atoms with Crippen molar-refractivity contribution >= 4 is 15.8 Å². The van der Waals surface area contributed by atoms with E-state index in [0.29, 0.717) is 6.61 Å². The predicted octanol–water partition coefficient (Wildman–Crippen LogP) is 1.95. The zero-order valence-corrected chi connectivity index (χ0v) is 11.5. The van der Waals surface area contributed by atoms with Gasteiger partial charge in [-0.15, -0.1) is 0 Å². The number of nitro benzene ring substituents is 1. The SMILES string of the molecule is O=[N+]([O-])c1cccc(S(=O)(=O)O)c1C[C@@H]1CCCCO1. The topological polar surface area (TPSA) is 107 Å². The first-order valence-corrected chi connectivity index (χ1v) is 7.69. The first-order valence-electron chi connectivity index (χ1n) is 6.25. The third-order valence-corrected chi connectivity index (χ3v) is 4.23. The molecule has 0 bridgehead atoms. The average molecular weight is 301 g/mol. The number of nitrogens with zero attached hydrogens (tertiary/aromatic N) is 1. The molecule has 1 heterocycles. The van der Waals surface area contributed by atoms with E-state index in [2.05, 4.69) is 0 Å². The Morgan fingerprint density at radius 1 is 1.40 bits per heavy atom. The molecule has 0 aromatic heterocycles. The number of nitro groups is 1. The molecule has 1 aliphatic rings. The van der Waals surface area contributed by atoms with Gasteiger partial charge in [0.05, 0.1) is 16.6 Å². The smallest absolute Gasteiger partial charge is 0.295 e. The van der Waals surface area contributed by atoms with Crippen LogP contribution in [0.2, 0.25) is 0 Å². The second-order valence-corrected chi connectivity index (χ2v) is 6.07. The highest BCUT2D eigenvalue weighted by molar-refractivity contribution is 7.85. The predicted molar refractivity (Wildman–Crippen MR) is 70.2 cm³/mol. The standard InChI is InChI=1S/C12H15NO6S/c14-13(15)11-5-3-6-12(20(16,17)18)10(11)8-9-4-1-2-7-19-9/h3,5-6,9H,1-2,4,7-8H2,(H,16,17,18)/t9-/m0/s1. The first kappa shape index (κ1) is 14.9. The number of benzene rings is 1. The Balaban J connectivity index is 2.43. The van der Waals surface area contributed by atoms with Crippen molar-refractivity contribution < 1.29 is 22.6 Å². The van der Waals surface area contributed by atoms with Crippen molar-refractivity contribution in [1.82, 2.24) is 0 Å². The van der Waals surface area contributed by atoms with Crippen molar-refractivity contribution in [1.29, 1.82) is 0 Å². The van der Waals surface area contributed by atoms with Gasteiger partial charge in [0, 0.05) is 19.1 Å². The summed E-state index contributed by atoms with van der Waals surface area (Å²) in [5, 5.41) is 11.0. The quantitative estimate of drug-likeness (QED) is 0.517. The van der Waals surface area contributed by atoms with E-state index in [9.17, 15) is 23.1 Å². The number of hydrogen-bond acceptors (Lipinski definition) is 5. The van der Waals surface area contributed by atoms with Crippen molar-refractivity contribution in [2.45, 2.75) is 36.7 Å².